The summed E-state index contributed by atoms with van der Waals surface area (Å²) in [4.78, 5) is 0. The predicted molar refractivity (Wildman–Crippen MR) is 60.8 cm³/mol. The predicted octanol–water partition coefficient (Wildman–Crippen LogP) is 1.23. The molecular weight excluding hydrogens is 192 g/mol. The van der Waals surface area contributed by atoms with E-state index in [1.165, 1.54) is 0 Å². The monoisotopic (exact) mass is 206 g/mol. The number of aromatic nitrogens is 2. The molecule has 0 saturated carbocycles. The summed E-state index contributed by atoms with van der Waals surface area (Å²) in [5, 5.41) is 5.01. The Kier molecular flexibility index (Phi) is 2.15. The lowest BCUT2D eigenvalue weighted by Crippen LogP contribution is -1.97. The van der Waals surface area contributed by atoms with E-state index in [0.717, 1.165) is 17.4 Å². The highest BCUT2D eigenvalue weighted by molar-refractivity contribution is 5.98. The van der Waals surface area contributed by atoms with Gasteiger partial charge in [-0.3, -0.25) is 4.68 Å². The normalized spacial score (nSPS) is 10.8. The molecule has 5 nitrogen and oxygen atoms in total. The maximum Gasteiger partial charge on any atom is 0.157 e. The molecule has 0 bridgehead atoms. The molecule has 0 unspecified atom stereocenters. The Morgan fingerprint density at radius 3 is 2.73 bits per heavy atom. The van der Waals surface area contributed by atoms with Crippen LogP contribution in [0.1, 0.15) is 6.92 Å². The Morgan fingerprint density at radius 2 is 2.13 bits per heavy atom. The molecule has 0 saturated heterocycles. The third kappa shape index (κ3) is 1.27. The highest BCUT2D eigenvalue weighted by Gasteiger charge is 2.14. The Balaban J connectivity index is 2.86. The van der Waals surface area contributed by atoms with Crippen molar-refractivity contribution in [1.29, 1.82) is 0 Å². The first-order valence-corrected chi connectivity index (χ1v) is 4.77. The molecule has 0 aliphatic rings. The Morgan fingerprint density at radius 1 is 1.40 bits per heavy atom. The second-order valence-electron chi connectivity index (χ2n) is 3.28. The van der Waals surface area contributed by atoms with Gasteiger partial charge in [-0.15, -0.1) is 0 Å². The van der Waals surface area contributed by atoms with Crippen molar-refractivity contribution in [1.82, 2.24) is 9.78 Å². The van der Waals surface area contributed by atoms with Gasteiger partial charge in [0.15, 0.2) is 11.6 Å². The molecule has 4 N–H and O–H groups in total. The van der Waals surface area contributed by atoms with Gasteiger partial charge < -0.3 is 16.2 Å². The summed E-state index contributed by atoms with van der Waals surface area (Å²) in [6, 6.07) is 3.70. The zero-order valence-corrected chi connectivity index (χ0v) is 8.82. The van der Waals surface area contributed by atoms with E-state index in [1.54, 1.807) is 13.2 Å². The number of benzene rings is 1. The fourth-order valence-corrected chi connectivity index (χ4v) is 1.75. The van der Waals surface area contributed by atoms with Gasteiger partial charge in [0.1, 0.15) is 0 Å². The number of ether oxygens (including phenoxy) is 1. The number of nitrogens with two attached hydrogens (primary N) is 2. The van der Waals surface area contributed by atoms with Gasteiger partial charge in [-0.25, -0.2) is 0 Å². The maximum atomic E-state index is 5.83. The second kappa shape index (κ2) is 3.34. The van der Waals surface area contributed by atoms with Gasteiger partial charge >= 0.3 is 0 Å². The van der Waals surface area contributed by atoms with E-state index in [0.29, 0.717) is 17.3 Å². The van der Waals surface area contributed by atoms with E-state index in [2.05, 4.69) is 5.10 Å². The molecule has 15 heavy (non-hydrogen) atoms. The molecule has 0 amide bonds. The first-order valence-electron chi connectivity index (χ1n) is 4.77. The van der Waals surface area contributed by atoms with Crippen molar-refractivity contribution in [2.45, 2.75) is 13.5 Å². The molecule has 80 valence electrons. The van der Waals surface area contributed by atoms with Crippen molar-refractivity contribution in [3.05, 3.63) is 12.1 Å². The van der Waals surface area contributed by atoms with Gasteiger partial charge in [-0.05, 0) is 19.1 Å². The molecule has 1 aromatic carbocycles. The van der Waals surface area contributed by atoms with Crippen LogP contribution in [0, 0.1) is 0 Å². The lowest BCUT2D eigenvalue weighted by Gasteiger charge is -2.06. The van der Waals surface area contributed by atoms with Crippen molar-refractivity contribution in [2.75, 3.05) is 18.6 Å². The van der Waals surface area contributed by atoms with E-state index in [4.69, 9.17) is 16.2 Å². The van der Waals surface area contributed by atoms with Crippen LogP contribution < -0.4 is 16.2 Å². The summed E-state index contributed by atoms with van der Waals surface area (Å²) in [7, 11) is 1.58. The van der Waals surface area contributed by atoms with Gasteiger partial charge in [0.25, 0.3) is 0 Å². The van der Waals surface area contributed by atoms with Crippen LogP contribution in [0.3, 0.4) is 0 Å². The number of aryl methyl sites for hydroxylation is 1. The Bertz CT molecular complexity index is 504. The number of methoxy groups -OCH3 is 1. The minimum atomic E-state index is 0.455. The molecule has 0 aliphatic heterocycles. The lowest BCUT2D eigenvalue weighted by atomic mass is 10.2. The molecule has 0 fully saturated rings. The van der Waals surface area contributed by atoms with Crippen molar-refractivity contribution in [3.63, 3.8) is 0 Å². The van der Waals surface area contributed by atoms with Crippen LogP contribution in [0.4, 0.5) is 11.5 Å². The average molecular weight is 206 g/mol. The molecule has 1 aromatic heterocycles. The number of anilines is 2. The Labute approximate surface area is 87.6 Å². The third-order valence-electron chi connectivity index (χ3n) is 2.43. The fourth-order valence-electron chi connectivity index (χ4n) is 1.75. The number of nitrogens with zero attached hydrogens (tertiary/aromatic N) is 2. The number of fused-ring (bicyclic) bond motifs is 1. The van der Waals surface area contributed by atoms with Gasteiger partial charge in [0.05, 0.1) is 23.7 Å². The summed E-state index contributed by atoms with van der Waals surface area (Å²) in [6.45, 7) is 2.77. The maximum absolute atomic E-state index is 5.83. The van der Waals surface area contributed by atoms with Crippen LogP contribution in [0.15, 0.2) is 12.1 Å². The van der Waals surface area contributed by atoms with Gasteiger partial charge in [0.2, 0.25) is 0 Å². The number of nitrogen functional groups attached to an aromatic ring is 2. The van der Waals surface area contributed by atoms with E-state index >= 15 is 0 Å². The number of hydrogen-bond donors (Lipinski definition) is 2. The molecule has 0 radical (unpaired) electrons. The zero-order valence-electron chi connectivity index (χ0n) is 8.82. The second-order valence-corrected chi connectivity index (χ2v) is 3.28. The SMILES string of the molecule is CCn1nc(N)c2c(OC)c(N)ccc21. The summed E-state index contributed by atoms with van der Waals surface area (Å²) >= 11 is 0. The van der Waals surface area contributed by atoms with Crippen LogP contribution in [0.25, 0.3) is 10.9 Å². The fraction of sp³-hybridized carbons (Fsp3) is 0.300. The first-order chi connectivity index (χ1) is 7.19. The summed E-state index contributed by atoms with van der Waals surface area (Å²) < 4.78 is 7.06. The van der Waals surface area contributed by atoms with Crippen LogP contribution >= 0.6 is 0 Å². The van der Waals surface area contributed by atoms with Crippen molar-refractivity contribution in [2.24, 2.45) is 0 Å². The van der Waals surface area contributed by atoms with Crippen molar-refractivity contribution in [3.8, 4) is 5.75 Å². The number of rotatable bonds is 2. The Hall–Kier alpha value is -1.91. The standard InChI is InChI=1S/C10H14N4O/c1-3-14-7-5-4-6(11)9(15-2)8(7)10(12)13-14/h4-5H,3,11H2,1-2H3,(H2,12,13). The minimum Gasteiger partial charge on any atom is -0.494 e. The summed E-state index contributed by atoms with van der Waals surface area (Å²) in [5.41, 5.74) is 13.2. The van der Waals surface area contributed by atoms with E-state index in [-0.39, 0.29) is 0 Å². The average Bonchev–Trinajstić information content (AvgIpc) is 2.56. The molecule has 2 rings (SSSR count). The highest BCUT2D eigenvalue weighted by atomic mass is 16.5. The van der Waals surface area contributed by atoms with E-state index < -0.39 is 0 Å². The first kappa shape index (κ1) is 9.64. The molecule has 5 heteroatoms. The van der Waals surface area contributed by atoms with Crippen LogP contribution in [-0.4, -0.2) is 16.9 Å². The summed E-state index contributed by atoms with van der Waals surface area (Å²) in [6.07, 6.45) is 0. The minimum absolute atomic E-state index is 0.455. The smallest absolute Gasteiger partial charge is 0.157 e. The van der Waals surface area contributed by atoms with Crippen LogP contribution in [0.5, 0.6) is 5.75 Å². The highest BCUT2D eigenvalue weighted by Crippen LogP contribution is 2.35. The molecule has 2 aromatic rings. The molecule has 0 atom stereocenters. The molecular formula is C10H14N4O. The topological polar surface area (TPSA) is 79.1 Å². The molecule has 0 spiro atoms. The largest absolute Gasteiger partial charge is 0.494 e. The zero-order chi connectivity index (χ0) is 11.0. The quantitative estimate of drug-likeness (QED) is 0.724. The van der Waals surface area contributed by atoms with E-state index in [1.807, 2.05) is 17.7 Å². The van der Waals surface area contributed by atoms with Crippen molar-refractivity contribution >= 4 is 22.4 Å². The summed E-state index contributed by atoms with van der Waals surface area (Å²) in [5.74, 6) is 1.06. The van der Waals surface area contributed by atoms with Crippen molar-refractivity contribution < 1.29 is 4.74 Å². The lowest BCUT2D eigenvalue weighted by molar-refractivity contribution is 0.422. The third-order valence-corrected chi connectivity index (χ3v) is 2.43. The molecule has 0 aliphatic carbocycles. The van der Waals surface area contributed by atoms with Crippen LogP contribution in [-0.2, 0) is 6.54 Å². The van der Waals surface area contributed by atoms with Gasteiger partial charge in [-0.1, -0.05) is 0 Å². The van der Waals surface area contributed by atoms with Crippen LogP contribution in [0.2, 0.25) is 0 Å². The van der Waals surface area contributed by atoms with Gasteiger partial charge in [-0.2, -0.15) is 5.10 Å². The van der Waals surface area contributed by atoms with E-state index in [9.17, 15) is 0 Å². The van der Waals surface area contributed by atoms with Gasteiger partial charge in [0, 0.05) is 6.54 Å². The molecule has 1 heterocycles. The number of hydrogen-bond acceptors (Lipinski definition) is 4.